The lowest BCUT2D eigenvalue weighted by Crippen LogP contribution is -2.47. The number of nitrogens with zero attached hydrogens (tertiary/aromatic N) is 6. The molecule has 0 atom stereocenters. The van der Waals surface area contributed by atoms with Crippen LogP contribution < -0.4 is 15.4 Å². The summed E-state index contributed by atoms with van der Waals surface area (Å²) in [5, 5.41) is 9.55. The zero-order valence-electron chi connectivity index (χ0n) is 14.6. The van der Waals surface area contributed by atoms with Crippen molar-refractivity contribution in [3.8, 4) is 0 Å². The van der Waals surface area contributed by atoms with Crippen LogP contribution in [0.2, 0.25) is 0 Å². The number of rotatable bonds is 4. The van der Waals surface area contributed by atoms with Gasteiger partial charge in [0, 0.05) is 31.9 Å². The first kappa shape index (κ1) is 17.3. The number of piperazine rings is 1. The van der Waals surface area contributed by atoms with Crippen LogP contribution in [0.3, 0.4) is 0 Å². The van der Waals surface area contributed by atoms with Gasteiger partial charge in [0.05, 0.1) is 36.6 Å². The molecule has 1 aliphatic heterocycles. The van der Waals surface area contributed by atoms with Crippen molar-refractivity contribution in [1.29, 1.82) is 0 Å². The van der Waals surface area contributed by atoms with Gasteiger partial charge in [0.1, 0.15) is 6.33 Å². The fourth-order valence-corrected chi connectivity index (χ4v) is 3.33. The number of halogens is 1. The van der Waals surface area contributed by atoms with Gasteiger partial charge in [-0.15, -0.1) is 0 Å². The number of aliphatic hydroxyl groups is 1. The summed E-state index contributed by atoms with van der Waals surface area (Å²) >= 11 is 0. The molecule has 0 amide bonds. The first-order chi connectivity index (χ1) is 13.2. The zero-order chi connectivity index (χ0) is 18.8. The van der Waals surface area contributed by atoms with E-state index in [0.717, 1.165) is 5.69 Å². The van der Waals surface area contributed by atoms with Gasteiger partial charge in [-0.2, -0.15) is 0 Å². The molecule has 0 unspecified atom stereocenters. The zero-order valence-corrected chi connectivity index (χ0v) is 14.6. The molecule has 9 heteroatoms. The Labute approximate surface area is 154 Å². The average Bonchev–Trinajstić information content (AvgIpc) is 2.70. The summed E-state index contributed by atoms with van der Waals surface area (Å²) in [4.78, 5) is 28.5. The molecule has 1 fully saturated rings. The molecule has 1 aliphatic rings. The molecular formula is C18H19FN6O2. The molecule has 8 nitrogen and oxygen atoms in total. The van der Waals surface area contributed by atoms with Gasteiger partial charge >= 0.3 is 0 Å². The lowest BCUT2D eigenvalue weighted by atomic mass is 10.2. The van der Waals surface area contributed by atoms with Crippen LogP contribution in [0, 0.1) is 5.82 Å². The van der Waals surface area contributed by atoms with Crippen molar-refractivity contribution in [2.45, 2.75) is 6.54 Å². The molecule has 3 heterocycles. The normalized spacial score (nSPS) is 14.7. The maximum absolute atomic E-state index is 13.9. The van der Waals surface area contributed by atoms with E-state index in [-0.39, 0.29) is 18.7 Å². The van der Waals surface area contributed by atoms with Crippen molar-refractivity contribution in [3.05, 3.63) is 53.2 Å². The highest BCUT2D eigenvalue weighted by atomic mass is 19.1. The summed E-state index contributed by atoms with van der Waals surface area (Å²) < 4.78 is 15.3. The number of benzene rings is 1. The van der Waals surface area contributed by atoms with E-state index < -0.39 is 5.82 Å². The molecule has 0 radical (unpaired) electrons. The van der Waals surface area contributed by atoms with E-state index >= 15 is 0 Å². The molecule has 0 bridgehead atoms. The SMILES string of the molecule is O=c1c2ccc(N3CCN(c4ncncc4F)CC3)cc2ncn1CCO. The van der Waals surface area contributed by atoms with E-state index in [1.54, 1.807) is 6.07 Å². The number of aliphatic hydroxyl groups excluding tert-OH is 1. The van der Waals surface area contributed by atoms with Crippen molar-refractivity contribution < 1.29 is 9.50 Å². The van der Waals surface area contributed by atoms with Crippen molar-refractivity contribution in [2.75, 3.05) is 42.6 Å². The van der Waals surface area contributed by atoms with Crippen LogP contribution in [-0.4, -0.2) is 57.4 Å². The average molecular weight is 370 g/mol. The Morgan fingerprint density at radius 1 is 1.11 bits per heavy atom. The second-order valence-corrected chi connectivity index (χ2v) is 6.34. The number of hydrogen-bond acceptors (Lipinski definition) is 7. The number of fused-ring (bicyclic) bond motifs is 1. The minimum atomic E-state index is -0.417. The summed E-state index contributed by atoms with van der Waals surface area (Å²) in [5.41, 5.74) is 1.43. The smallest absolute Gasteiger partial charge is 0.261 e. The Morgan fingerprint density at radius 2 is 1.89 bits per heavy atom. The quantitative estimate of drug-likeness (QED) is 0.721. The van der Waals surface area contributed by atoms with Crippen LogP contribution in [-0.2, 0) is 6.54 Å². The van der Waals surface area contributed by atoms with Crippen LogP contribution in [0.5, 0.6) is 0 Å². The summed E-state index contributed by atoms with van der Waals surface area (Å²) in [7, 11) is 0. The fraction of sp³-hybridized carbons (Fsp3) is 0.333. The highest BCUT2D eigenvalue weighted by Crippen LogP contribution is 2.22. The second kappa shape index (κ2) is 7.28. The first-order valence-corrected chi connectivity index (χ1v) is 8.73. The molecular weight excluding hydrogens is 351 g/mol. The van der Waals surface area contributed by atoms with Crippen LogP contribution >= 0.6 is 0 Å². The van der Waals surface area contributed by atoms with Crippen molar-refractivity contribution >= 4 is 22.4 Å². The molecule has 1 saturated heterocycles. The third kappa shape index (κ3) is 3.33. The molecule has 140 valence electrons. The lowest BCUT2D eigenvalue weighted by molar-refractivity contribution is 0.274. The van der Waals surface area contributed by atoms with Gasteiger partial charge < -0.3 is 14.9 Å². The Hall–Kier alpha value is -3.07. The summed E-state index contributed by atoms with van der Waals surface area (Å²) in [6, 6.07) is 5.56. The molecule has 4 rings (SSSR count). The minimum Gasteiger partial charge on any atom is -0.395 e. The van der Waals surface area contributed by atoms with Crippen LogP contribution in [0.15, 0.2) is 41.8 Å². The third-order valence-corrected chi connectivity index (χ3v) is 4.74. The molecule has 3 aromatic rings. The van der Waals surface area contributed by atoms with Gasteiger partial charge in [-0.1, -0.05) is 0 Å². The van der Waals surface area contributed by atoms with Gasteiger partial charge in [0.2, 0.25) is 0 Å². The summed E-state index contributed by atoms with van der Waals surface area (Å²) in [6.07, 6.45) is 3.98. The van der Waals surface area contributed by atoms with Crippen molar-refractivity contribution in [3.63, 3.8) is 0 Å². The number of anilines is 2. The molecule has 1 N–H and O–H groups in total. The van der Waals surface area contributed by atoms with E-state index in [0.29, 0.717) is 42.9 Å². The van der Waals surface area contributed by atoms with Crippen molar-refractivity contribution in [1.82, 2.24) is 19.5 Å². The standard InChI is InChI=1S/C18H19FN6O2/c19-15-10-20-11-21-17(15)24-5-3-23(4-6-24)13-1-2-14-16(9-13)22-12-25(7-8-26)18(14)27/h1-2,9-12,26H,3-8H2. The monoisotopic (exact) mass is 370 g/mol. The summed E-state index contributed by atoms with van der Waals surface area (Å²) in [5.74, 6) is -0.0886. The molecule has 2 aromatic heterocycles. The van der Waals surface area contributed by atoms with Crippen molar-refractivity contribution in [2.24, 2.45) is 0 Å². The molecule has 1 aromatic carbocycles. The molecule has 0 saturated carbocycles. The Morgan fingerprint density at radius 3 is 2.63 bits per heavy atom. The molecule has 27 heavy (non-hydrogen) atoms. The maximum atomic E-state index is 13.9. The van der Waals surface area contributed by atoms with Gasteiger partial charge in [0.25, 0.3) is 5.56 Å². The Kier molecular flexibility index (Phi) is 4.68. The highest BCUT2D eigenvalue weighted by molar-refractivity contribution is 5.81. The van der Waals surface area contributed by atoms with Gasteiger partial charge in [-0.05, 0) is 18.2 Å². The topological polar surface area (TPSA) is 87.4 Å². The van der Waals surface area contributed by atoms with E-state index in [9.17, 15) is 9.18 Å². The Bertz CT molecular complexity index is 1020. The van der Waals surface area contributed by atoms with Gasteiger partial charge in [0.15, 0.2) is 11.6 Å². The van der Waals surface area contributed by atoms with Crippen LogP contribution in [0.4, 0.5) is 15.9 Å². The van der Waals surface area contributed by atoms with E-state index in [2.05, 4.69) is 19.9 Å². The lowest BCUT2D eigenvalue weighted by Gasteiger charge is -2.36. The van der Waals surface area contributed by atoms with Crippen LogP contribution in [0.1, 0.15) is 0 Å². The highest BCUT2D eigenvalue weighted by Gasteiger charge is 2.21. The molecule has 0 aliphatic carbocycles. The molecule has 0 spiro atoms. The summed E-state index contributed by atoms with van der Waals surface area (Å²) in [6.45, 7) is 2.80. The third-order valence-electron chi connectivity index (χ3n) is 4.74. The van der Waals surface area contributed by atoms with E-state index in [1.165, 1.54) is 23.4 Å². The largest absolute Gasteiger partial charge is 0.395 e. The fourth-order valence-electron chi connectivity index (χ4n) is 3.33. The van der Waals surface area contributed by atoms with E-state index in [4.69, 9.17) is 5.11 Å². The van der Waals surface area contributed by atoms with E-state index in [1.807, 2.05) is 17.0 Å². The predicted molar refractivity (Wildman–Crippen MR) is 99.5 cm³/mol. The number of hydrogen-bond donors (Lipinski definition) is 1. The van der Waals surface area contributed by atoms with Gasteiger partial charge in [-0.25, -0.2) is 19.3 Å². The first-order valence-electron chi connectivity index (χ1n) is 8.73. The van der Waals surface area contributed by atoms with Gasteiger partial charge in [-0.3, -0.25) is 9.36 Å². The second-order valence-electron chi connectivity index (χ2n) is 6.34. The van der Waals surface area contributed by atoms with Crippen LogP contribution in [0.25, 0.3) is 10.9 Å². The maximum Gasteiger partial charge on any atom is 0.261 e. The predicted octanol–water partition coefficient (Wildman–Crippen LogP) is 0.644. The minimum absolute atomic E-state index is 0.109. The number of aromatic nitrogens is 4. The Balaban J connectivity index is 1.53.